The molecular formula is C15H18BrN3O. The molecule has 4 nitrogen and oxygen atoms in total. The van der Waals surface area contributed by atoms with Crippen LogP contribution in [-0.2, 0) is 4.74 Å². The van der Waals surface area contributed by atoms with Gasteiger partial charge in [0.25, 0.3) is 0 Å². The minimum atomic E-state index is 0.309. The quantitative estimate of drug-likeness (QED) is 0.824. The highest BCUT2D eigenvalue weighted by Crippen LogP contribution is 2.30. The molecule has 0 spiro atoms. The van der Waals surface area contributed by atoms with Crippen LogP contribution < -0.4 is 11.1 Å². The van der Waals surface area contributed by atoms with Crippen molar-refractivity contribution in [2.75, 3.05) is 17.7 Å². The third kappa shape index (κ3) is 2.74. The van der Waals surface area contributed by atoms with Gasteiger partial charge in [0.05, 0.1) is 17.3 Å². The molecule has 3 N–H and O–H groups in total. The fraction of sp³-hybridized carbons (Fsp3) is 0.400. The molecular weight excluding hydrogens is 318 g/mol. The average molecular weight is 336 g/mol. The molecule has 1 fully saturated rings. The van der Waals surface area contributed by atoms with Crippen molar-refractivity contribution in [2.24, 2.45) is 0 Å². The van der Waals surface area contributed by atoms with Gasteiger partial charge in [-0.2, -0.15) is 0 Å². The van der Waals surface area contributed by atoms with Crippen molar-refractivity contribution < 1.29 is 4.74 Å². The van der Waals surface area contributed by atoms with Crippen LogP contribution in [0.25, 0.3) is 10.9 Å². The normalized spacial score (nSPS) is 22.9. The van der Waals surface area contributed by atoms with Gasteiger partial charge in [0, 0.05) is 34.4 Å². The Kier molecular flexibility index (Phi) is 3.81. The van der Waals surface area contributed by atoms with Gasteiger partial charge >= 0.3 is 0 Å². The number of benzene rings is 1. The molecule has 2 heterocycles. The Labute approximate surface area is 126 Å². The van der Waals surface area contributed by atoms with Gasteiger partial charge in [-0.25, -0.2) is 0 Å². The highest BCUT2D eigenvalue weighted by Gasteiger charge is 2.20. The predicted octanol–water partition coefficient (Wildman–Crippen LogP) is 3.56. The lowest BCUT2D eigenvalue weighted by atomic mass is 10.0. The van der Waals surface area contributed by atoms with E-state index in [0.29, 0.717) is 12.1 Å². The van der Waals surface area contributed by atoms with Gasteiger partial charge in [-0.15, -0.1) is 0 Å². The minimum absolute atomic E-state index is 0.309. The van der Waals surface area contributed by atoms with E-state index in [1.165, 1.54) is 0 Å². The molecule has 2 atom stereocenters. The molecule has 0 radical (unpaired) electrons. The molecule has 0 saturated carbocycles. The predicted molar refractivity (Wildman–Crippen MR) is 85.9 cm³/mol. The number of ether oxygens (including phenoxy) is 1. The maximum absolute atomic E-state index is 6.04. The standard InChI is InChI=1S/C15H18BrN3O/c1-9-6-11(4-5-20-9)19-14-3-2-13(17)12-7-10(16)8-18-15(12)14/h2-3,7-9,11,19H,4-6,17H2,1H3. The number of pyridine rings is 1. The first-order valence-electron chi connectivity index (χ1n) is 6.85. The molecule has 1 aromatic carbocycles. The molecule has 1 aromatic heterocycles. The molecule has 5 heteroatoms. The SMILES string of the molecule is CC1CC(Nc2ccc(N)c3cc(Br)cnc23)CCO1. The van der Waals surface area contributed by atoms with Crippen LogP contribution in [0.3, 0.4) is 0 Å². The maximum atomic E-state index is 6.04. The van der Waals surface area contributed by atoms with E-state index in [1.54, 1.807) is 6.20 Å². The molecule has 0 amide bonds. The van der Waals surface area contributed by atoms with Crippen molar-refractivity contribution in [3.8, 4) is 0 Å². The summed E-state index contributed by atoms with van der Waals surface area (Å²) in [6, 6.07) is 6.38. The summed E-state index contributed by atoms with van der Waals surface area (Å²) in [4.78, 5) is 4.51. The van der Waals surface area contributed by atoms with E-state index in [0.717, 1.165) is 46.2 Å². The first-order valence-corrected chi connectivity index (χ1v) is 7.64. The zero-order valence-corrected chi connectivity index (χ0v) is 13.0. The molecule has 1 saturated heterocycles. The molecule has 3 rings (SSSR count). The van der Waals surface area contributed by atoms with Crippen molar-refractivity contribution >= 4 is 38.2 Å². The van der Waals surface area contributed by atoms with Gasteiger partial charge in [-0.3, -0.25) is 4.98 Å². The summed E-state index contributed by atoms with van der Waals surface area (Å²) in [7, 11) is 0. The lowest BCUT2D eigenvalue weighted by molar-refractivity contribution is 0.0232. The zero-order chi connectivity index (χ0) is 14.1. The number of nitrogens with two attached hydrogens (primary N) is 1. The molecule has 0 aliphatic carbocycles. The fourth-order valence-electron chi connectivity index (χ4n) is 2.68. The van der Waals surface area contributed by atoms with Crippen LogP contribution in [0.4, 0.5) is 11.4 Å². The largest absolute Gasteiger partial charge is 0.398 e. The van der Waals surface area contributed by atoms with E-state index >= 15 is 0 Å². The Bertz CT molecular complexity index is 632. The van der Waals surface area contributed by atoms with Gasteiger partial charge in [0.2, 0.25) is 0 Å². The number of nitrogen functional groups attached to an aromatic ring is 1. The molecule has 106 valence electrons. The summed E-state index contributed by atoms with van der Waals surface area (Å²) in [6.07, 6.45) is 4.15. The Hall–Kier alpha value is -1.33. The number of fused-ring (bicyclic) bond motifs is 1. The van der Waals surface area contributed by atoms with Gasteiger partial charge in [-0.1, -0.05) is 0 Å². The van der Waals surface area contributed by atoms with Crippen LogP contribution >= 0.6 is 15.9 Å². The summed E-state index contributed by atoms with van der Waals surface area (Å²) < 4.78 is 6.52. The smallest absolute Gasteiger partial charge is 0.0954 e. The second-order valence-electron chi connectivity index (χ2n) is 5.30. The lowest BCUT2D eigenvalue weighted by Crippen LogP contribution is -2.32. The van der Waals surface area contributed by atoms with Crippen LogP contribution in [0.2, 0.25) is 0 Å². The Morgan fingerprint density at radius 2 is 2.30 bits per heavy atom. The van der Waals surface area contributed by atoms with Gasteiger partial charge < -0.3 is 15.8 Å². The average Bonchev–Trinajstić information content (AvgIpc) is 2.42. The second-order valence-corrected chi connectivity index (χ2v) is 6.21. The Morgan fingerprint density at radius 1 is 1.45 bits per heavy atom. The molecule has 0 bridgehead atoms. The van der Waals surface area contributed by atoms with E-state index in [9.17, 15) is 0 Å². The Balaban J connectivity index is 1.93. The minimum Gasteiger partial charge on any atom is -0.398 e. The van der Waals surface area contributed by atoms with Gasteiger partial charge in [0.1, 0.15) is 0 Å². The van der Waals surface area contributed by atoms with Crippen molar-refractivity contribution in [2.45, 2.75) is 31.9 Å². The van der Waals surface area contributed by atoms with Crippen LogP contribution in [0.1, 0.15) is 19.8 Å². The molecule has 1 aliphatic rings. The zero-order valence-electron chi connectivity index (χ0n) is 11.4. The van der Waals surface area contributed by atoms with E-state index in [-0.39, 0.29) is 0 Å². The van der Waals surface area contributed by atoms with Crippen molar-refractivity contribution in [3.63, 3.8) is 0 Å². The number of hydrogen-bond donors (Lipinski definition) is 2. The molecule has 2 aromatic rings. The summed E-state index contributed by atoms with van der Waals surface area (Å²) in [5.74, 6) is 0. The highest BCUT2D eigenvalue weighted by atomic mass is 79.9. The number of nitrogens with one attached hydrogen (secondary N) is 1. The fourth-order valence-corrected chi connectivity index (χ4v) is 3.01. The monoisotopic (exact) mass is 335 g/mol. The number of rotatable bonds is 2. The van der Waals surface area contributed by atoms with Gasteiger partial charge in [0.15, 0.2) is 0 Å². The van der Waals surface area contributed by atoms with Gasteiger partial charge in [-0.05, 0) is 53.9 Å². The number of nitrogens with zero attached hydrogens (tertiary/aromatic N) is 1. The second kappa shape index (κ2) is 5.58. The highest BCUT2D eigenvalue weighted by molar-refractivity contribution is 9.10. The van der Waals surface area contributed by atoms with Crippen molar-refractivity contribution in [3.05, 3.63) is 28.9 Å². The molecule has 20 heavy (non-hydrogen) atoms. The number of aromatic nitrogens is 1. The number of anilines is 2. The maximum Gasteiger partial charge on any atom is 0.0954 e. The first-order chi connectivity index (χ1) is 9.63. The first kappa shape index (κ1) is 13.6. The van der Waals surface area contributed by atoms with Crippen molar-refractivity contribution in [1.29, 1.82) is 0 Å². The van der Waals surface area contributed by atoms with E-state index < -0.39 is 0 Å². The van der Waals surface area contributed by atoms with E-state index in [1.807, 2.05) is 18.2 Å². The summed E-state index contributed by atoms with van der Waals surface area (Å²) >= 11 is 3.44. The topological polar surface area (TPSA) is 60.2 Å². The van der Waals surface area contributed by atoms with Crippen LogP contribution in [0.5, 0.6) is 0 Å². The third-order valence-corrected chi connectivity index (χ3v) is 4.13. The molecule has 2 unspecified atom stereocenters. The summed E-state index contributed by atoms with van der Waals surface area (Å²) in [5.41, 5.74) is 8.76. The summed E-state index contributed by atoms with van der Waals surface area (Å²) in [5, 5.41) is 4.56. The third-order valence-electron chi connectivity index (χ3n) is 3.69. The van der Waals surface area contributed by atoms with E-state index in [2.05, 4.69) is 33.2 Å². The van der Waals surface area contributed by atoms with Crippen molar-refractivity contribution in [1.82, 2.24) is 4.98 Å². The molecule has 1 aliphatic heterocycles. The summed E-state index contributed by atoms with van der Waals surface area (Å²) in [6.45, 7) is 2.93. The van der Waals surface area contributed by atoms with Crippen LogP contribution in [-0.4, -0.2) is 23.7 Å². The van der Waals surface area contributed by atoms with Crippen LogP contribution in [0.15, 0.2) is 28.9 Å². The lowest BCUT2D eigenvalue weighted by Gasteiger charge is -2.29. The number of halogens is 1. The van der Waals surface area contributed by atoms with E-state index in [4.69, 9.17) is 10.5 Å². The van der Waals surface area contributed by atoms with Crippen LogP contribution in [0, 0.1) is 0 Å². The number of hydrogen-bond acceptors (Lipinski definition) is 4. The Morgan fingerprint density at radius 3 is 3.10 bits per heavy atom.